The van der Waals surface area contributed by atoms with Crippen molar-refractivity contribution in [3.8, 4) is 0 Å². The zero-order chi connectivity index (χ0) is 18.7. The van der Waals surface area contributed by atoms with Crippen LogP contribution in [0, 0.1) is 5.41 Å². The molecule has 6 nitrogen and oxygen atoms in total. The largest absolute Gasteiger partial charge is 0.310 e. The van der Waals surface area contributed by atoms with E-state index < -0.39 is 5.41 Å². The molecular formula is C19H25N5OS. The summed E-state index contributed by atoms with van der Waals surface area (Å²) < 4.78 is 0. The van der Waals surface area contributed by atoms with Crippen molar-refractivity contribution in [3.05, 3.63) is 41.3 Å². The Kier molecular flexibility index (Phi) is 5.58. The van der Waals surface area contributed by atoms with Crippen molar-refractivity contribution in [1.82, 2.24) is 19.9 Å². The minimum absolute atomic E-state index is 0.0283. The minimum atomic E-state index is -0.453. The number of pyridine rings is 1. The van der Waals surface area contributed by atoms with Crippen molar-refractivity contribution in [2.45, 2.75) is 45.4 Å². The van der Waals surface area contributed by atoms with Crippen LogP contribution in [0.25, 0.3) is 0 Å². The second-order valence-electron chi connectivity index (χ2n) is 7.50. The van der Waals surface area contributed by atoms with Crippen LogP contribution in [-0.4, -0.2) is 38.6 Å². The molecule has 0 aromatic carbocycles. The average molecular weight is 372 g/mol. The molecule has 0 unspecified atom stereocenters. The fourth-order valence-corrected chi connectivity index (χ4v) is 3.16. The molecular weight excluding hydrogens is 346 g/mol. The van der Waals surface area contributed by atoms with E-state index in [1.807, 2.05) is 45.4 Å². The Labute approximate surface area is 158 Å². The van der Waals surface area contributed by atoms with Gasteiger partial charge in [-0.05, 0) is 12.3 Å². The SMILES string of the molecule is CSc1ncc2c(n1)CCN(Cc1cccnc1NC(=O)C(C)(C)C)C2. The molecule has 1 aliphatic rings. The van der Waals surface area contributed by atoms with Gasteiger partial charge in [-0.1, -0.05) is 38.6 Å². The highest BCUT2D eigenvalue weighted by Gasteiger charge is 2.24. The third kappa shape index (κ3) is 4.40. The Morgan fingerprint density at radius 2 is 2.15 bits per heavy atom. The fourth-order valence-electron chi connectivity index (χ4n) is 2.80. The molecule has 7 heteroatoms. The number of carbonyl (C=O) groups excluding carboxylic acids is 1. The molecule has 2 aromatic heterocycles. The van der Waals surface area contributed by atoms with Crippen LogP contribution >= 0.6 is 11.8 Å². The van der Waals surface area contributed by atoms with Crippen molar-refractivity contribution < 1.29 is 4.79 Å². The number of fused-ring (bicyclic) bond motifs is 1. The maximum Gasteiger partial charge on any atom is 0.230 e. The van der Waals surface area contributed by atoms with Crippen molar-refractivity contribution >= 4 is 23.5 Å². The van der Waals surface area contributed by atoms with Gasteiger partial charge in [0, 0.05) is 55.0 Å². The summed E-state index contributed by atoms with van der Waals surface area (Å²) in [5, 5.41) is 3.80. The lowest BCUT2D eigenvalue weighted by Gasteiger charge is -2.28. The molecule has 0 saturated carbocycles. The van der Waals surface area contributed by atoms with Crippen LogP contribution < -0.4 is 5.32 Å². The number of thioether (sulfide) groups is 1. The van der Waals surface area contributed by atoms with Gasteiger partial charge in [-0.2, -0.15) is 0 Å². The lowest BCUT2D eigenvalue weighted by atomic mass is 9.95. The molecule has 138 valence electrons. The van der Waals surface area contributed by atoms with Crippen molar-refractivity contribution in [1.29, 1.82) is 0 Å². The Bertz CT molecular complexity index is 803. The quantitative estimate of drug-likeness (QED) is 0.658. The van der Waals surface area contributed by atoms with E-state index >= 15 is 0 Å². The number of amides is 1. The number of hydrogen-bond acceptors (Lipinski definition) is 6. The predicted octanol–water partition coefficient (Wildman–Crippen LogP) is 3.14. The van der Waals surface area contributed by atoms with Crippen LogP contribution in [0.1, 0.15) is 37.6 Å². The maximum absolute atomic E-state index is 12.3. The molecule has 0 bridgehead atoms. The third-order valence-corrected chi connectivity index (χ3v) is 4.93. The lowest BCUT2D eigenvalue weighted by molar-refractivity contribution is -0.123. The van der Waals surface area contributed by atoms with Crippen LogP contribution in [0.3, 0.4) is 0 Å². The molecule has 3 rings (SSSR count). The maximum atomic E-state index is 12.3. The predicted molar refractivity (Wildman–Crippen MR) is 104 cm³/mol. The monoisotopic (exact) mass is 371 g/mol. The molecule has 2 aromatic rings. The molecule has 0 aliphatic carbocycles. The number of anilines is 1. The van der Waals surface area contributed by atoms with Crippen molar-refractivity contribution in [2.75, 3.05) is 18.1 Å². The minimum Gasteiger partial charge on any atom is -0.310 e. The first-order chi connectivity index (χ1) is 12.4. The Morgan fingerprint density at radius 3 is 2.88 bits per heavy atom. The van der Waals surface area contributed by atoms with E-state index in [2.05, 4.69) is 25.2 Å². The molecule has 0 atom stereocenters. The van der Waals surface area contributed by atoms with Gasteiger partial charge in [0.25, 0.3) is 0 Å². The number of rotatable bonds is 4. The molecule has 0 spiro atoms. The van der Waals surface area contributed by atoms with E-state index in [-0.39, 0.29) is 5.91 Å². The average Bonchev–Trinajstić information content (AvgIpc) is 2.62. The third-order valence-electron chi connectivity index (χ3n) is 4.37. The summed E-state index contributed by atoms with van der Waals surface area (Å²) in [7, 11) is 0. The van der Waals surface area contributed by atoms with Crippen LogP contribution in [0.4, 0.5) is 5.82 Å². The van der Waals surface area contributed by atoms with E-state index in [1.54, 1.807) is 18.0 Å². The van der Waals surface area contributed by atoms with Crippen molar-refractivity contribution in [2.24, 2.45) is 5.41 Å². The van der Waals surface area contributed by atoms with Gasteiger partial charge in [0.2, 0.25) is 5.91 Å². The van der Waals surface area contributed by atoms with Crippen LogP contribution in [0.2, 0.25) is 0 Å². The first-order valence-corrected chi connectivity index (χ1v) is 9.96. The van der Waals surface area contributed by atoms with Crippen molar-refractivity contribution in [3.63, 3.8) is 0 Å². The molecule has 3 heterocycles. The zero-order valence-corrected chi connectivity index (χ0v) is 16.6. The summed E-state index contributed by atoms with van der Waals surface area (Å²) in [6, 6.07) is 3.93. The summed E-state index contributed by atoms with van der Waals surface area (Å²) in [6.07, 6.45) is 6.55. The standard InChI is InChI=1S/C19H25N5OS/c1-19(2,3)17(25)23-16-13(6-5-8-20-16)11-24-9-7-15-14(12-24)10-21-18(22-15)26-4/h5-6,8,10H,7,9,11-12H2,1-4H3,(H,20,23,25). The number of carbonyl (C=O) groups is 1. The number of hydrogen-bond donors (Lipinski definition) is 1. The molecule has 0 radical (unpaired) electrons. The van der Waals surface area contributed by atoms with Crippen LogP contribution in [-0.2, 0) is 24.3 Å². The molecule has 0 saturated heterocycles. The van der Waals surface area contributed by atoms with Gasteiger partial charge in [0.05, 0.1) is 5.69 Å². The highest BCUT2D eigenvalue weighted by Crippen LogP contribution is 2.23. The van der Waals surface area contributed by atoms with Crippen LogP contribution in [0.15, 0.2) is 29.7 Å². The smallest absolute Gasteiger partial charge is 0.230 e. The molecule has 26 heavy (non-hydrogen) atoms. The number of nitrogens with zero attached hydrogens (tertiary/aromatic N) is 4. The van der Waals surface area contributed by atoms with Crippen LogP contribution in [0.5, 0.6) is 0 Å². The highest BCUT2D eigenvalue weighted by atomic mass is 32.2. The Hall–Kier alpha value is -1.99. The normalized spacial score (nSPS) is 14.8. The van der Waals surface area contributed by atoms with Gasteiger partial charge in [-0.15, -0.1) is 0 Å². The van der Waals surface area contributed by atoms with E-state index in [0.29, 0.717) is 5.82 Å². The summed E-state index contributed by atoms with van der Waals surface area (Å²) in [5.74, 6) is 0.617. The van der Waals surface area contributed by atoms with Gasteiger partial charge in [-0.25, -0.2) is 15.0 Å². The van der Waals surface area contributed by atoms with E-state index in [0.717, 1.165) is 42.5 Å². The van der Waals surface area contributed by atoms with Gasteiger partial charge >= 0.3 is 0 Å². The zero-order valence-electron chi connectivity index (χ0n) is 15.7. The summed E-state index contributed by atoms with van der Waals surface area (Å²) in [5.41, 5.74) is 2.90. The van der Waals surface area contributed by atoms with Gasteiger partial charge in [-0.3, -0.25) is 9.69 Å². The number of aromatic nitrogens is 3. The second kappa shape index (κ2) is 7.72. The molecule has 0 fully saturated rings. The lowest BCUT2D eigenvalue weighted by Crippen LogP contribution is -2.32. The first-order valence-electron chi connectivity index (χ1n) is 8.73. The van der Waals surface area contributed by atoms with Gasteiger partial charge in [0.15, 0.2) is 5.16 Å². The molecule has 1 N–H and O–H groups in total. The van der Waals surface area contributed by atoms with E-state index in [4.69, 9.17) is 0 Å². The molecule has 1 aliphatic heterocycles. The highest BCUT2D eigenvalue weighted by molar-refractivity contribution is 7.98. The summed E-state index contributed by atoms with van der Waals surface area (Å²) in [6.45, 7) is 8.17. The summed E-state index contributed by atoms with van der Waals surface area (Å²) >= 11 is 1.57. The summed E-state index contributed by atoms with van der Waals surface area (Å²) in [4.78, 5) is 28.0. The topological polar surface area (TPSA) is 71.0 Å². The Balaban J connectivity index is 1.73. The second-order valence-corrected chi connectivity index (χ2v) is 8.28. The first kappa shape index (κ1) is 18.8. The molecule has 1 amide bonds. The van der Waals surface area contributed by atoms with Gasteiger partial charge in [0.1, 0.15) is 5.82 Å². The fraction of sp³-hybridized carbons (Fsp3) is 0.474. The van der Waals surface area contributed by atoms with Gasteiger partial charge < -0.3 is 5.32 Å². The van der Waals surface area contributed by atoms with E-state index in [9.17, 15) is 4.79 Å². The Morgan fingerprint density at radius 1 is 1.35 bits per heavy atom. The van der Waals surface area contributed by atoms with E-state index in [1.165, 1.54) is 5.56 Å². The number of nitrogens with one attached hydrogen (secondary N) is 1.